The Morgan fingerprint density at radius 2 is 2.20 bits per heavy atom. The summed E-state index contributed by atoms with van der Waals surface area (Å²) < 4.78 is 0. The fourth-order valence-corrected chi connectivity index (χ4v) is 4.23. The van der Waals surface area contributed by atoms with Crippen molar-refractivity contribution in [2.24, 2.45) is 0 Å². The molecule has 2 atom stereocenters. The highest BCUT2D eigenvalue weighted by atomic mass is 16.3. The summed E-state index contributed by atoms with van der Waals surface area (Å²) in [4.78, 5) is 2.62. The lowest BCUT2D eigenvalue weighted by Crippen LogP contribution is -2.52. The Kier molecular flexibility index (Phi) is 3.17. The molecule has 2 heteroatoms. The van der Waals surface area contributed by atoms with Gasteiger partial charge >= 0.3 is 0 Å². The van der Waals surface area contributed by atoms with Crippen LogP contribution in [0.2, 0.25) is 0 Å². The summed E-state index contributed by atoms with van der Waals surface area (Å²) in [6.07, 6.45) is 6.97. The summed E-state index contributed by atoms with van der Waals surface area (Å²) in [7, 11) is 0. The highest BCUT2D eigenvalue weighted by Crippen LogP contribution is 2.50. The molecule has 0 amide bonds. The zero-order valence-electron chi connectivity index (χ0n) is 12.6. The predicted octanol–water partition coefficient (Wildman–Crippen LogP) is 3.85. The molecule has 1 saturated carbocycles. The quantitative estimate of drug-likeness (QED) is 0.844. The number of hydrogen-bond donors (Lipinski definition) is 1. The summed E-state index contributed by atoms with van der Waals surface area (Å²) >= 11 is 0. The van der Waals surface area contributed by atoms with E-state index in [4.69, 9.17) is 0 Å². The molecule has 0 aromatic heterocycles. The van der Waals surface area contributed by atoms with E-state index in [1.165, 1.54) is 31.2 Å². The lowest BCUT2D eigenvalue weighted by atomic mass is 9.73. The lowest BCUT2D eigenvalue weighted by molar-refractivity contribution is 0.0678. The normalized spacial score (nSPS) is 30.4. The summed E-state index contributed by atoms with van der Waals surface area (Å²) in [6, 6.07) is 8.56. The molecule has 2 bridgehead atoms. The second kappa shape index (κ2) is 4.63. The number of phenolic OH excluding ortho intramolecular Hbond substituents is 1. The van der Waals surface area contributed by atoms with Gasteiger partial charge in [-0.05, 0) is 62.6 Å². The summed E-state index contributed by atoms with van der Waals surface area (Å²) in [6.45, 7) is 9.65. The maximum atomic E-state index is 9.76. The SMILES string of the molecule is C=CC(C)(C)N1CCC2(c3cccc(O)c3)CCC1C2. The molecule has 1 aromatic rings. The van der Waals surface area contributed by atoms with Crippen LogP contribution in [0.1, 0.15) is 45.1 Å². The number of fused-ring (bicyclic) bond motifs is 2. The van der Waals surface area contributed by atoms with E-state index in [1.54, 1.807) is 6.07 Å². The van der Waals surface area contributed by atoms with Gasteiger partial charge in [0.05, 0.1) is 0 Å². The van der Waals surface area contributed by atoms with Crippen molar-refractivity contribution in [3.8, 4) is 5.75 Å². The first kappa shape index (κ1) is 13.7. The molecule has 0 spiro atoms. The summed E-state index contributed by atoms with van der Waals surface area (Å²) in [5.41, 5.74) is 1.70. The molecule has 2 aliphatic rings. The van der Waals surface area contributed by atoms with Gasteiger partial charge in [0.2, 0.25) is 0 Å². The van der Waals surface area contributed by atoms with Crippen LogP contribution in [0.4, 0.5) is 0 Å². The zero-order valence-corrected chi connectivity index (χ0v) is 12.6. The number of likely N-dealkylation sites (tertiary alicyclic amines) is 1. The van der Waals surface area contributed by atoms with Crippen LogP contribution in [0.15, 0.2) is 36.9 Å². The number of phenols is 1. The van der Waals surface area contributed by atoms with Crippen molar-refractivity contribution in [3.63, 3.8) is 0 Å². The van der Waals surface area contributed by atoms with E-state index >= 15 is 0 Å². The van der Waals surface area contributed by atoms with Gasteiger partial charge in [-0.25, -0.2) is 0 Å². The average molecular weight is 271 g/mol. The van der Waals surface area contributed by atoms with Crippen molar-refractivity contribution in [2.45, 2.75) is 56.5 Å². The van der Waals surface area contributed by atoms with Gasteiger partial charge in [0.1, 0.15) is 5.75 Å². The first-order valence-electron chi connectivity index (χ1n) is 7.67. The third-order valence-electron chi connectivity index (χ3n) is 5.55. The maximum Gasteiger partial charge on any atom is 0.115 e. The van der Waals surface area contributed by atoms with Gasteiger partial charge in [-0.2, -0.15) is 0 Å². The molecule has 1 N–H and O–H groups in total. The highest BCUT2D eigenvalue weighted by molar-refractivity contribution is 5.35. The molecule has 3 rings (SSSR count). The van der Waals surface area contributed by atoms with Gasteiger partial charge < -0.3 is 5.11 Å². The van der Waals surface area contributed by atoms with Crippen LogP contribution in [0, 0.1) is 0 Å². The molecule has 0 radical (unpaired) electrons. The number of piperidine rings is 1. The van der Waals surface area contributed by atoms with Gasteiger partial charge in [-0.3, -0.25) is 4.90 Å². The molecule has 2 unspecified atom stereocenters. The van der Waals surface area contributed by atoms with E-state index in [9.17, 15) is 5.11 Å². The Balaban J connectivity index is 1.87. The number of aromatic hydroxyl groups is 1. The maximum absolute atomic E-state index is 9.76. The molecule has 1 heterocycles. The van der Waals surface area contributed by atoms with Crippen molar-refractivity contribution >= 4 is 0 Å². The largest absolute Gasteiger partial charge is 0.508 e. The molecule has 1 saturated heterocycles. The van der Waals surface area contributed by atoms with Crippen LogP contribution in [-0.4, -0.2) is 28.1 Å². The second-order valence-corrected chi connectivity index (χ2v) is 7.03. The number of hydrogen-bond acceptors (Lipinski definition) is 2. The molecule has 2 fully saturated rings. The van der Waals surface area contributed by atoms with E-state index in [0.29, 0.717) is 11.8 Å². The highest BCUT2D eigenvalue weighted by Gasteiger charge is 2.48. The van der Waals surface area contributed by atoms with E-state index in [0.717, 1.165) is 6.54 Å². The van der Waals surface area contributed by atoms with Gasteiger partial charge in [0.15, 0.2) is 0 Å². The molecular weight excluding hydrogens is 246 g/mol. The van der Waals surface area contributed by atoms with Crippen LogP contribution in [0.25, 0.3) is 0 Å². The number of nitrogens with zero attached hydrogens (tertiary/aromatic N) is 1. The van der Waals surface area contributed by atoms with Crippen LogP contribution >= 0.6 is 0 Å². The fraction of sp³-hybridized carbons (Fsp3) is 0.556. The van der Waals surface area contributed by atoms with E-state index in [1.807, 2.05) is 12.1 Å². The zero-order chi connectivity index (χ0) is 14.4. The minimum Gasteiger partial charge on any atom is -0.508 e. The molecule has 1 aliphatic carbocycles. The Bertz CT molecular complexity index is 522. The molecular formula is C18H25NO. The molecule has 108 valence electrons. The molecule has 1 aromatic carbocycles. The van der Waals surface area contributed by atoms with Gasteiger partial charge in [0, 0.05) is 18.1 Å². The van der Waals surface area contributed by atoms with Crippen LogP contribution < -0.4 is 0 Å². The van der Waals surface area contributed by atoms with Gasteiger partial charge in [-0.1, -0.05) is 18.2 Å². The summed E-state index contributed by atoms with van der Waals surface area (Å²) in [5.74, 6) is 0.397. The number of benzene rings is 1. The van der Waals surface area contributed by atoms with Crippen LogP contribution in [0.3, 0.4) is 0 Å². The average Bonchev–Trinajstić information content (AvgIpc) is 2.77. The standard InChI is InChI=1S/C18H25NO/c1-4-17(2,3)19-11-10-18(9-8-15(19)13-18)14-6-5-7-16(20)12-14/h4-7,12,15,20H,1,8-11,13H2,2-3H3. The fourth-order valence-electron chi connectivity index (χ4n) is 4.23. The van der Waals surface area contributed by atoms with E-state index in [2.05, 4.69) is 37.5 Å². The van der Waals surface area contributed by atoms with E-state index in [-0.39, 0.29) is 11.0 Å². The second-order valence-electron chi connectivity index (χ2n) is 7.03. The van der Waals surface area contributed by atoms with Crippen molar-refractivity contribution < 1.29 is 5.11 Å². The Hall–Kier alpha value is -1.28. The monoisotopic (exact) mass is 271 g/mol. The van der Waals surface area contributed by atoms with Gasteiger partial charge in [0.25, 0.3) is 0 Å². The van der Waals surface area contributed by atoms with Crippen LogP contribution in [0.5, 0.6) is 5.75 Å². The molecule has 1 aliphatic heterocycles. The van der Waals surface area contributed by atoms with Crippen LogP contribution in [-0.2, 0) is 5.41 Å². The topological polar surface area (TPSA) is 23.5 Å². The lowest BCUT2D eigenvalue weighted by Gasteiger charge is -2.46. The smallest absolute Gasteiger partial charge is 0.115 e. The Morgan fingerprint density at radius 3 is 2.90 bits per heavy atom. The van der Waals surface area contributed by atoms with Gasteiger partial charge in [-0.15, -0.1) is 6.58 Å². The Labute approximate surface area is 122 Å². The van der Waals surface area contributed by atoms with Crippen molar-refractivity contribution in [1.29, 1.82) is 0 Å². The van der Waals surface area contributed by atoms with E-state index < -0.39 is 0 Å². The molecule has 2 nitrogen and oxygen atoms in total. The molecule has 20 heavy (non-hydrogen) atoms. The first-order chi connectivity index (χ1) is 9.47. The van der Waals surface area contributed by atoms with Crippen molar-refractivity contribution in [3.05, 3.63) is 42.5 Å². The van der Waals surface area contributed by atoms with Crippen molar-refractivity contribution in [1.82, 2.24) is 4.90 Å². The third-order valence-corrected chi connectivity index (χ3v) is 5.55. The number of rotatable bonds is 3. The minimum absolute atomic E-state index is 0.0833. The minimum atomic E-state index is 0.0833. The Morgan fingerprint density at radius 1 is 1.40 bits per heavy atom. The van der Waals surface area contributed by atoms with Crippen molar-refractivity contribution in [2.75, 3.05) is 6.54 Å². The predicted molar refractivity (Wildman–Crippen MR) is 83.0 cm³/mol. The third kappa shape index (κ3) is 2.07. The summed E-state index contributed by atoms with van der Waals surface area (Å²) in [5, 5.41) is 9.76. The first-order valence-corrected chi connectivity index (χ1v) is 7.67.